The molecule has 7 nitrogen and oxygen atoms in total. The van der Waals surface area contributed by atoms with E-state index in [1.807, 2.05) is 0 Å². The van der Waals surface area contributed by atoms with Crippen molar-refractivity contribution >= 4 is 17.5 Å². The van der Waals surface area contributed by atoms with Gasteiger partial charge in [-0.05, 0) is 36.8 Å². The molecule has 178 valence electrons. The smallest absolute Gasteiger partial charge is 0.414 e. The molecule has 1 aromatic carbocycles. The van der Waals surface area contributed by atoms with Gasteiger partial charge in [0.05, 0.1) is 24.1 Å². The average molecular weight is 493 g/mol. The molecular formula is C23H20ClF3N4O3. The van der Waals surface area contributed by atoms with Crippen LogP contribution in [-0.4, -0.2) is 39.8 Å². The van der Waals surface area contributed by atoms with E-state index >= 15 is 0 Å². The lowest BCUT2D eigenvalue weighted by atomic mass is 9.89. The molecule has 0 N–H and O–H groups in total. The Kier molecular flexibility index (Phi) is 6.16. The van der Waals surface area contributed by atoms with Crippen molar-refractivity contribution in [2.45, 2.75) is 39.1 Å². The van der Waals surface area contributed by atoms with Crippen molar-refractivity contribution in [3.05, 3.63) is 58.7 Å². The number of benzene rings is 1. The number of halogens is 4. The Morgan fingerprint density at radius 3 is 2.79 bits per heavy atom. The van der Waals surface area contributed by atoms with Gasteiger partial charge in [0.25, 0.3) is 5.91 Å². The molecule has 1 saturated heterocycles. The molecule has 1 aliphatic carbocycles. The molecule has 2 aromatic rings. The van der Waals surface area contributed by atoms with Gasteiger partial charge in [0.15, 0.2) is 6.10 Å². The van der Waals surface area contributed by atoms with Crippen LogP contribution < -0.4 is 0 Å². The van der Waals surface area contributed by atoms with Crippen molar-refractivity contribution in [2.75, 3.05) is 6.54 Å². The van der Waals surface area contributed by atoms with Crippen molar-refractivity contribution < 1.29 is 27.1 Å². The van der Waals surface area contributed by atoms with Crippen LogP contribution in [0.25, 0.3) is 11.5 Å². The molecule has 34 heavy (non-hydrogen) atoms. The Labute approximate surface area is 198 Å². The highest BCUT2D eigenvalue weighted by atomic mass is 35.5. The van der Waals surface area contributed by atoms with Crippen LogP contribution in [0, 0.1) is 22.7 Å². The largest absolute Gasteiger partial charge is 0.480 e. The van der Waals surface area contributed by atoms with Gasteiger partial charge in [-0.25, -0.2) is 0 Å². The summed E-state index contributed by atoms with van der Waals surface area (Å²) < 4.78 is 51.4. The Morgan fingerprint density at radius 2 is 2.12 bits per heavy atom. The van der Waals surface area contributed by atoms with Crippen LogP contribution in [0.5, 0.6) is 0 Å². The van der Waals surface area contributed by atoms with Crippen LogP contribution in [0.2, 0.25) is 5.02 Å². The number of nitrogens with zero attached hydrogens (tertiary/aromatic N) is 4. The van der Waals surface area contributed by atoms with Gasteiger partial charge in [-0.2, -0.15) is 18.4 Å². The van der Waals surface area contributed by atoms with E-state index < -0.39 is 35.1 Å². The van der Waals surface area contributed by atoms with Gasteiger partial charge in [-0.3, -0.25) is 4.79 Å². The number of rotatable bonds is 5. The molecule has 11 heteroatoms. The number of hydrogen-bond donors (Lipinski definition) is 0. The molecule has 4 rings (SSSR count). The van der Waals surface area contributed by atoms with Crippen LogP contribution in [0.4, 0.5) is 13.2 Å². The maximum Gasteiger partial charge on any atom is 0.414 e. The van der Waals surface area contributed by atoms with E-state index in [2.05, 4.69) is 10.2 Å². The number of hydrogen-bond acceptors (Lipinski definition) is 6. The van der Waals surface area contributed by atoms with Gasteiger partial charge < -0.3 is 14.1 Å². The molecule has 1 fully saturated rings. The van der Waals surface area contributed by atoms with E-state index in [-0.39, 0.29) is 37.1 Å². The third-order valence-corrected chi connectivity index (χ3v) is 5.91. The van der Waals surface area contributed by atoms with Crippen LogP contribution in [0.3, 0.4) is 0 Å². The number of aromatic nitrogens is 2. The van der Waals surface area contributed by atoms with E-state index in [1.54, 1.807) is 44.2 Å². The van der Waals surface area contributed by atoms with E-state index in [1.165, 1.54) is 11.0 Å². The summed E-state index contributed by atoms with van der Waals surface area (Å²) in [5, 5.41) is 17.5. The number of amides is 1. The van der Waals surface area contributed by atoms with Crippen molar-refractivity contribution in [1.29, 1.82) is 5.26 Å². The van der Waals surface area contributed by atoms with Crippen LogP contribution >= 0.6 is 11.6 Å². The molecule has 0 saturated carbocycles. The van der Waals surface area contributed by atoms with Gasteiger partial charge in [-0.15, -0.1) is 10.2 Å². The number of nitriles is 1. The highest BCUT2D eigenvalue weighted by molar-refractivity contribution is 6.30. The molecule has 0 radical (unpaired) electrons. The zero-order chi connectivity index (χ0) is 24.7. The van der Waals surface area contributed by atoms with Crippen molar-refractivity contribution in [3.63, 3.8) is 0 Å². The second-order valence-electron chi connectivity index (χ2n) is 8.81. The molecule has 1 amide bonds. The summed E-state index contributed by atoms with van der Waals surface area (Å²) in [6, 6.07) is 8.54. The predicted octanol–water partition coefficient (Wildman–Crippen LogP) is 5.06. The number of carbonyl (C=O) groups is 1. The van der Waals surface area contributed by atoms with E-state index in [0.29, 0.717) is 10.6 Å². The Morgan fingerprint density at radius 1 is 1.35 bits per heavy atom. The Hall–Kier alpha value is -3.32. The van der Waals surface area contributed by atoms with Crippen molar-refractivity contribution in [3.8, 4) is 17.5 Å². The van der Waals surface area contributed by atoms with Crippen molar-refractivity contribution in [1.82, 2.24) is 15.1 Å². The molecule has 2 atom stereocenters. The first kappa shape index (κ1) is 23.8. The van der Waals surface area contributed by atoms with Crippen LogP contribution in [-0.2, 0) is 16.1 Å². The summed E-state index contributed by atoms with van der Waals surface area (Å²) in [5.74, 6) is -1.33. The normalized spacial score (nSPS) is 22.3. The summed E-state index contributed by atoms with van der Waals surface area (Å²) in [7, 11) is 0. The maximum atomic E-state index is 13.3. The van der Waals surface area contributed by atoms with E-state index in [0.717, 1.165) is 6.08 Å². The Bertz CT molecular complexity index is 1210. The van der Waals surface area contributed by atoms with E-state index in [9.17, 15) is 18.0 Å². The monoisotopic (exact) mass is 492 g/mol. The lowest BCUT2D eigenvalue weighted by Gasteiger charge is -2.27. The number of allylic oxidation sites excluding steroid dienone is 3. The number of ether oxygens (including phenoxy) is 1. The molecule has 0 spiro atoms. The predicted molar refractivity (Wildman–Crippen MR) is 115 cm³/mol. The zero-order valence-corrected chi connectivity index (χ0v) is 19.0. The molecule has 0 bridgehead atoms. The Balaban J connectivity index is 1.49. The minimum absolute atomic E-state index is 0.0227. The minimum atomic E-state index is -4.66. The third-order valence-electron chi connectivity index (χ3n) is 5.67. The molecule has 2 aliphatic rings. The summed E-state index contributed by atoms with van der Waals surface area (Å²) in [6.07, 6.45) is -3.61. The molecule has 2 heterocycles. The zero-order valence-electron chi connectivity index (χ0n) is 18.3. The molecule has 1 aliphatic heterocycles. The summed E-state index contributed by atoms with van der Waals surface area (Å²) >= 11 is 5.99. The fourth-order valence-electron chi connectivity index (χ4n) is 4.01. The van der Waals surface area contributed by atoms with Gasteiger partial charge in [0.1, 0.15) is 5.76 Å². The van der Waals surface area contributed by atoms with Gasteiger partial charge >= 0.3 is 6.18 Å². The van der Waals surface area contributed by atoms with E-state index in [4.69, 9.17) is 26.0 Å². The highest BCUT2D eigenvalue weighted by Gasteiger charge is 2.49. The summed E-state index contributed by atoms with van der Waals surface area (Å²) in [4.78, 5) is 14.6. The van der Waals surface area contributed by atoms with Crippen LogP contribution in [0.1, 0.15) is 26.2 Å². The second kappa shape index (κ2) is 8.80. The molecule has 2 unspecified atom stereocenters. The lowest BCUT2D eigenvalue weighted by molar-refractivity contribution is -0.137. The first-order valence-corrected chi connectivity index (χ1v) is 10.8. The number of likely N-dealkylation sites (tertiary alicyclic amines) is 1. The summed E-state index contributed by atoms with van der Waals surface area (Å²) in [6.45, 7) is 3.87. The fraction of sp³-hybridized carbons (Fsp3) is 0.391. The maximum absolute atomic E-state index is 13.3. The topological polar surface area (TPSA) is 92.2 Å². The lowest BCUT2D eigenvalue weighted by Crippen LogP contribution is -2.34. The number of alkyl halides is 3. The van der Waals surface area contributed by atoms with Crippen molar-refractivity contribution in [2.24, 2.45) is 11.3 Å². The third kappa shape index (κ3) is 4.80. The minimum Gasteiger partial charge on any atom is -0.480 e. The van der Waals surface area contributed by atoms with Gasteiger partial charge in [-0.1, -0.05) is 31.5 Å². The highest BCUT2D eigenvalue weighted by Crippen LogP contribution is 2.40. The first-order chi connectivity index (χ1) is 16.0. The van der Waals surface area contributed by atoms with Crippen LogP contribution in [0.15, 0.2) is 52.2 Å². The van der Waals surface area contributed by atoms with Gasteiger partial charge in [0.2, 0.25) is 11.8 Å². The second-order valence-corrected chi connectivity index (χ2v) is 9.25. The standard InChI is InChI=1S/C23H20ClF3N4O3/c1-22(2)12-31(11-18-29-30-20(34-18)13-4-3-5-15(24)8-13)21(32)19(22)33-16-7-6-14(10-28)17(9-16)23(25,26)27/h3-5,7-9,14,19H,6,11-12H2,1-2H3. The SMILES string of the molecule is CC1(C)CN(Cc2nnc(-c3cccc(Cl)c3)o2)C(=O)C1OC1=CCC(C#N)C(C(F)(F)F)=C1. The quantitative estimate of drug-likeness (QED) is 0.579. The first-order valence-electron chi connectivity index (χ1n) is 10.4. The number of carbonyl (C=O) groups excluding carboxylic acids is 1. The summed E-state index contributed by atoms with van der Waals surface area (Å²) in [5.41, 5.74) is -1.05. The molecular weight excluding hydrogens is 473 g/mol. The average Bonchev–Trinajstić information content (AvgIpc) is 3.31. The van der Waals surface area contributed by atoms with Gasteiger partial charge in [0, 0.05) is 22.5 Å². The fourth-order valence-corrected chi connectivity index (χ4v) is 4.20. The molecule has 1 aromatic heterocycles.